The highest BCUT2D eigenvalue weighted by Crippen LogP contribution is 2.37. The van der Waals surface area contributed by atoms with Crippen LogP contribution in [-0.2, 0) is 0 Å². The topological polar surface area (TPSA) is 32.5 Å². The van der Waals surface area contributed by atoms with E-state index in [1.165, 1.54) is 16.9 Å². The summed E-state index contributed by atoms with van der Waals surface area (Å²) in [4.78, 5) is 4.74. The summed E-state index contributed by atoms with van der Waals surface area (Å²) in [7, 11) is 2.15. The van der Waals surface area contributed by atoms with Gasteiger partial charge in [0.1, 0.15) is 0 Å². The van der Waals surface area contributed by atoms with E-state index in [1.807, 2.05) is 0 Å². The highest BCUT2D eigenvalue weighted by atomic mass is 79.9. The van der Waals surface area contributed by atoms with Crippen molar-refractivity contribution in [1.82, 2.24) is 0 Å². The zero-order chi connectivity index (χ0) is 14.8. The summed E-state index contributed by atoms with van der Waals surface area (Å²) >= 11 is 3.49. The van der Waals surface area contributed by atoms with Crippen LogP contribution >= 0.6 is 15.9 Å². The molecule has 0 saturated carbocycles. The minimum atomic E-state index is 0.216. The summed E-state index contributed by atoms with van der Waals surface area (Å²) < 4.78 is 1.10. The second-order valence-electron chi connectivity index (χ2n) is 5.41. The normalized spacial score (nSPS) is 15.8. The third kappa shape index (κ3) is 2.78. The molecule has 0 saturated heterocycles. The highest BCUT2D eigenvalue weighted by Gasteiger charge is 2.26. The Kier molecular flexibility index (Phi) is 4.17. The van der Waals surface area contributed by atoms with Crippen LogP contribution in [0.1, 0.15) is 11.6 Å². The molecule has 0 radical (unpaired) electrons. The van der Waals surface area contributed by atoms with E-state index in [-0.39, 0.29) is 6.04 Å². The molecule has 3 rings (SSSR count). The third-order valence-corrected chi connectivity index (χ3v) is 4.66. The van der Waals surface area contributed by atoms with Crippen molar-refractivity contribution in [1.29, 1.82) is 0 Å². The average Bonchev–Trinajstić information content (AvgIpc) is 2.52. The Morgan fingerprint density at radius 1 is 1.05 bits per heavy atom. The van der Waals surface area contributed by atoms with E-state index < -0.39 is 0 Å². The molecule has 0 aromatic heterocycles. The average molecular weight is 346 g/mol. The zero-order valence-corrected chi connectivity index (χ0v) is 13.8. The molecule has 0 amide bonds. The molecular formula is C17H20BrN3. The number of fused-ring (bicyclic) bond motifs is 1. The fourth-order valence-electron chi connectivity index (χ4n) is 2.98. The summed E-state index contributed by atoms with van der Waals surface area (Å²) in [5, 5.41) is 0. The molecule has 0 aliphatic carbocycles. The molecule has 2 aromatic rings. The largest absolute Gasteiger partial charge is 0.371 e. The standard InChI is InChI=1S/C17H20BrN3/c1-20-10-11-21(16-5-3-2-4-15(16)20)17(12-19)13-6-8-14(18)9-7-13/h2-9,17H,10-12,19H2,1H3. The maximum atomic E-state index is 6.10. The Morgan fingerprint density at radius 2 is 1.71 bits per heavy atom. The number of hydrogen-bond donors (Lipinski definition) is 1. The lowest BCUT2D eigenvalue weighted by Gasteiger charge is -2.41. The van der Waals surface area contributed by atoms with Crippen LogP contribution in [0.2, 0.25) is 0 Å². The van der Waals surface area contributed by atoms with Crippen molar-refractivity contribution in [3.63, 3.8) is 0 Å². The third-order valence-electron chi connectivity index (χ3n) is 4.13. The molecule has 1 atom stereocenters. The molecular weight excluding hydrogens is 326 g/mol. The van der Waals surface area contributed by atoms with Gasteiger partial charge in [-0.1, -0.05) is 40.2 Å². The van der Waals surface area contributed by atoms with Gasteiger partial charge in [-0.25, -0.2) is 0 Å². The Balaban J connectivity index is 1.98. The van der Waals surface area contributed by atoms with Crippen molar-refractivity contribution in [2.24, 2.45) is 5.73 Å². The number of rotatable bonds is 3. The Labute approximate surface area is 134 Å². The van der Waals surface area contributed by atoms with Crippen LogP contribution in [-0.4, -0.2) is 26.7 Å². The number of para-hydroxylation sites is 2. The second kappa shape index (κ2) is 6.08. The molecule has 1 heterocycles. The van der Waals surface area contributed by atoms with Gasteiger partial charge < -0.3 is 15.5 Å². The van der Waals surface area contributed by atoms with Crippen molar-refractivity contribution in [2.75, 3.05) is 36.5 Å². The van der Waals surface area contributed by atoms with Gasteiger partial charge in [-0.2, -0.15) is 0 Å². The lowest BCUT2D eigenvalue weighted by Crippen LogP contribution is -2.43. The van der Waals surface area contributed by atoms with Crippen molar-refractivity contribution in [3.05, 3.63) is 58.6 Å². The maximum absolute atomic E-state index is 6.10. The van der Waals surface area contributed by atoms with Crippen LogP contribution in [0, 0.1) is 0 Å². The van der Waals surface area contributed by atoms with Crippen LogP contribution in [0.5, 0.6) is 0 Å². The van der Waals surface area contributed by atoms with Gasteiger partial charge in [0.05, 0.1) is 17.4 Å². The minimum Gasteiger partial charge on any atom is -0.371 e. The number of benzene rings is 2. The Morgan fingerprint density at radius 3 is 2.38 bits per heavy atom. The van der Waals surface area contributed by atoms with E-state index in [0.717, 1.165) is 17.6 Å². The second-order valence-corrected chi connectivity index (χ2v) is 6.32. The van der Waals surface area contributed by atoms with Crippen molar-refractivity contribution in [2.45, 2.75) is 6.04 Å². The fraction of sp³-hybridized carbons (Fsp3) is 0.294. The van der Waals surface area contributed by atoms with Gasteiger partial charge in [0.15, 0.2) is 0 Å². The molecule has 1 aliphatic heterocycles. The minimum absolute atomic E-state index is 0.216. The van der Waals surface area contributed by atoms with Crippen molar-refractivity contribution >= 4 is 27.3 Å². The molecule has 0 fully saturated rings. The predicted octanol–water partition coefficient (Wildman–Crippen LogP) is 3.41. The van der Waals surface area contributed by atoms with Crippen LogP contribution in [0.3, 0.4) is 0 Å². The van der Waals surface area contributed by atoms with Gasteiger partial charge in [-0.15, -0.1) is 0 Å². The number of likely N-dealkylation sites (N-methyl/N-ethyl adjacent to an activating group) is 1. The van der Waals surface area contributed by atoms with E-state index in [0.29, 0.717) is 6.54 Å². The quantitative estimate of drug-likeness (QED) is 0.925. The molecule has 110 valence electrons. The monoisotopic (exact) mass is 345 g/mol. The first kappa shape index (κ1) is 14.4. The van der Waals surface area contributed by atoms with Gasteiger partial charge in [-0.3, -0.25) is 0 Å². The van der Waals surface area contributed by atoms with Gasteiger partial charge >= 0.3 is 0 Å². The van der Waals surface area contributed by atoms with E-state index in [9.17, 15) is 0 Å². The smallest absolute Gasteiger partial charge is 0.0666 e. The molecule has 2 N–H and O–H groups in total. The first-order chi connectivity index (χ1) is 10.2. The SMILES string of the molecule is CN1CCN(C(CN)c2ccc(Br)cc2)c2ccccc21. The lowest BCUT2D eigenvalue weighted by atomic mass is 10.0. The first-order valence-electron chi connectivity index (χ1n) is 7.23. The van der Waals surface area contributed by atoms with E-state index in [2.05, 4.69) is 81.3 Å². The van der Waals surface area contributed by atoms with Crippen molar-refractivity contribution < 1.29 is 0 Å². The van der Waals surface area contributed by atoms with Crippen LogP contribution in [0.25, 0.3) is 0 Å². The highest BCUT2D eigenvalue weighted by molar-refractivity contribution is 9.10. The molecule has 4 heteroatoms. The number of nitrogens with two attached hydrogens (primary N) is 1. The van der Waals surface area contributed by atoms with Gasteiger partial charge in [0.25, 0.3) is 0 Å². The van der Waals surface area contributed by atoms with Crippen molar-refractivity contribution in [3.8, 4) is 0 Å². The molecule has 0 spiro atoms. The fourth-order valence-corrected chi connectivity index (χ4v) is 3.24. The van der Waals surface area contributed by atoms with Gasteiger partial charge in [0, 0.05) is 31.2 Å². The Hall–Kier alpha value is -1.52. The number of anilines is 2. The van der Waals surface area contributed by atoms with Crippen LogP contribution < -0.4 is 15.5 Å². The van der Waals surface area contributed by atoms with E-state index in [1.54, 1.807) is 0 Å². The summed E-state index contributed by atoms with van der Waals surface area (Å²) in [5.74, 6) is 0. The predicted molar refractivity (Wildman–Crippen MR) is 93.0 cm³/mol. The summed E-state index contributed by atoms with van der Waals surface area (Å²) in [6.45, 7) is 2.62. The van der Waals surface area contributed by atoms with E-state index in [4.69, 9.17) is 5.73 Å². The summed E-state index contributed by atoms with van der Waals surface area (Å²) in [6, 6.07) is 17.2. The van der Waals surface area contributed by atoms with Crippen LogP contribution in [0.15, 0.2) is 53.0 Å². The molecule has 21 heavy (non-hydrogen) atoms. The lowest BCUT2D eigenvalue weighted by molar-refractivity contribution is 0.610. The van der Waals surface area contributed by atoms with Gasteiger partial charge in [0.2, 0.25) is 0 Å². The summed E-state index contributed by atoms with van der Waals surface area (Å²) in [6.07, 6.45) is 0. The number of nitrogens with zero attached hydrogens (tertiary/aromatic N) is 2. The molecule has 3 nitrogen and oxygen atoms in total. The van der Waals surface area contributed by atoms with Gasteiger partial charge in [-0.05, 0) is 29.8 Å². The van der Waals surface area contributed by atoms with E-state index >= 15 is 0 Å². The number of halogens is 1. The molecule has 1 aliphatic rings. The summed E-state index contributed by atoms with van der Waals surface area (Å²) in [5.41, 5.74) is 9.91. The molecule has 2 aromatic carbocycles. The zero-order valence-electron chi connectivity index (χ0n) is 12.2. The molecule has 0 bridgehead atoms. The molecule has 1 unspecified atom stereocenters. The Bertz CT molecular complexity index is 612. The maximum Gasteiger partial charge on any atom is 0.0666 e. The first-order valence-corrected chi connectivity index (χ1v) is 8.02. The van der Waals surface area contributed by atoms with Crippen LogP contribution in [0.4, 0.5) is 11.4 Å². The number of hydrogen-bond acceptors (Lipinski definition) is 3.